The molecule has 0 saturated heterocycles. The van der Waals surface area contributed by atoms with Crippen molar-refractivity contribution >= 4 is 5.91 Å². The molecule has 4 rings (SSSR count). The Labute approximate surface area is 161 Å². The minimum absolute atomic E-state index is 0.270. The molecule has 3 aromatic rings. The van der Waals surface area contributed by atoms with Crippen LogP contribution in [0.25, 0.3) is 5.69 Å². The van der Waals surface area contributed by atoms with Gasteiger partial charge < -0.3 is 19.3 Å². The number of nitrogens with one attached hydrogen (secondary N) is 1. The number of carbonyl (C=O) groups excluding carboxylic acids is 1. The Morgan fingerprint density at radius 1 is 1.18 bits per heavy atom. The molecule has 0 radical (unpaired) electrons. The van der Waals surface area contributed by atoms with Gasteiger partial charge in [-0.3, -0.25) is 4.79 Å². The second-order valence-corrected chi connectivity index (χ2v) is 6.57. The quantitative estimate of drug-likeness (QED) is 0.718. The Morgan fingerprint density at radius 3 is 2.71 bits per heavy atom. The lowest BCUT2D eigenvalue weighted by Gasteiger charge is -2.18. The summed E-state index contributed by atoms with van der Waals surface area (Å²) < 4.78 is 17.9. The molecule has 0 fully saturated rings. The molecule has 0 atom stereocenters. The summed E-state index contributed by atoms with van der Waals surface area (Å²) >= 11 is 0. The molecule has 0 unspecified atom stereocenters. The van der Waals surface area contributed by atoms with Crippen molar-refractivity contribution in [1.29, 1.82) is 0 Å². The first-order chi connectivity index (χ1) is 13.5. The second kappa shape index (κ2) is 7.34. The van der Waals surface area contributed by atoms with Crippen molar-refractivity contribution < 1.29 is 18.8 Å². The van der Waals surface area contributed by atoms with E-state index >= 15 is 0 Å². The Bertz CT molecular complexity index is 1000. The zero-order valence-corrected chi connectivity index (χ0v) is 16.0. The largest absolute Gasteiger partial charge is 0.486 e. The average Bonchev–Trinajstić information content (AvgIpc) is 3.24. The van der Waals surface area contributed by atoms with Crippen LogP contribution in [0.2, 0.25) is 0 Å². The first-order valence-electron chi connectivity index (χ1n) is 9.07. The van der Waals surface area contributed by atoms with Crippen molar-refractivity contribution in [2.45, 2.75) is 27.2 Å². The number of ether oxygens (including phenoxy) is 2. The molecule has 1 aliphatic rings. The van der Waals surface area contributed by atoms with Gasteiger partial charge in [0.1, 0.15) is 19.0 Å². The van der Waals surface area contributed by atoms with Crippen LogP contribution in [0.4, 0.5) is 0 Å². The molecule has 28 heavy (non-hydrogen) atoms. The molecule has 0 spiro atoms. The molecule has 1 aliphatic heterocycles. The van der Waals surface area contributed by atoms with Gasteiger partial charge in [0.2, 0.25) is 0 Å². The van der Waals surface area contributed by atoms with Gasteiger partial charge in [-0.15, -0.1) is 5.10 Å². The minimum Gasteiger partial charge on any atom is -0.486 e. The number of benzene rings is 1. The van der Waals surface area contributed by atoms with Gasteiger partial charge in [0.15, 0.2) is 17.2 Å². The lowest BCUT2D eigenvalue weighted by molar-refractivity contribution is 0.0948. The molecule has 1 N–H and O–H groups in total. The number of carbonyl (C=O) groups is 1. The summed E-state index contributed by atoms with van der Waals surface area (Å²) in [6.07, 6.45) is 0.641. The smallest absolute Gasteiger partial charge is 0.273 e. The van der Waals surface area contributed by atoms with Gasteiger partial charge in [-0.05, 0) is 39.3 Å². The molecule has 0 bridgehead atoms. The van der Waals surface area contributed by atoms with Gasteiger partial charge in [-0.25, -0.2) is 4.68 Å². The van der Waals surface area contributed by atoms with E-state index in [-0.39, 0.29) is 11.6 Å². The predicted molar refractivity (Wildman–Crippen MR) is 99.1 cm³/mol. The maximum Gasteiger partial charge on any atom is 0.273 e. The molecule has 2 aromatic heterocycles. The fourth-order valence-corrected chi connectivity index (χ4v) is 3.19. The molecule has 3 heterocycles. The van der Waals surface area contributed by atoms with Crippen molar-refractivity contribution in [3.8, 4) is 17.2 Å². The highest BCUT2D eigenvalue weighted by Gasteiger charge is 2.19. The van der Waals surface area contributed by atoms with Crippen molar-refractivity contribution in [2.24, 2.45) is 0 Å². The molecular weight excluding hydrogens is 362 g/mol. The van der Waals surface area contributed by atoms with Crippen LogP contribution in [0.1, 0.15) is 33.2 Å². The van der Waals surface area contributed by atoms with Crippen LogP contribution in [0.15, 0.2) is 22.7 Å². The van der Waals surface area contributed by atoms with Gasteiger partial charge in [0.25, 0.3) is 5.91 Å². The SMILES string of the molecule is Cc1noc(C)c1CCNC(=O)c1nnn(-c2ccc3c(c2)OCCO3)c1C. The van der Waals surface area contributed by atoms with Crippen LogP contribution in [-0.2, 0) is 6.42 Å². The summed E-state index contributed by atoms with van der Waals surface area (Å²) in [5, 5.41) is 15.0. The van der Waals surface area contributed by atoms with Crippen LogP contribution >= 0.6 is 0 Å². The summed E-state index contributed by atoms with van der Waals surface area (Å²) in [5.74, 6) is 1.86. The topological polar surface area (TPSA) is 104 Å². The number of hydrogen-bond acceptors (Lipinski definition) is 7. The normalized spacial score (nSPS) is 12.8. The van der Waals surface area contributed by atoms with Crippen molar-refractivity contribution in [2.75, 3.05) is 19.8 Å². The number of rotatable bonds is 5. The fourth-order valence-electron chi connectivity index (χ4n) is 3.19. The molecule has 9 heteroatoms. The third kappa shape index (κ3) is 3.30. The molecule has 1 amide bonds. The number of hydrogen-bond donors (Lipinski definition) is 1. The fraction of sp³-hybridized carbons (Fsp3) is 0.368. The molecule has 0 aliphatic carbocycles. The molecule has 1 aromatic carbocycles. The zero-order chi connectivity index (χ0) is 19.7. The van der Waals surface area contributed by atoms with Gasteiger partial charge in [-0.2, -0.15) is 0 Å². The Hall–Kier alpha value is -3.36. The summed E-state index contributed by atoms with van der Waals surface area (Å²) in [4.78, 5) is 12.5. The standard InChI is InChI=1S/C19H21N5O4/c1-11-15(13(3)28-22-11)6-7-20-19(25)18-12(2)24(23-21-18)14-4-5-16-17(10-14)27-9-8-26-16/h4-5,10H,6-9H2,1-3H3,(H,20,25). The van der Waals surface area contributed by atoms with Crippen molar-refractivity contribution in [1.82, 2.24) is 25.5 Å². The number of nitrogens with zero attached hydrogens (tertiary/aromatic N) is 4. The molecule has 9 nitrogen and oxygen atoms in total. The Kier molecular flexibility index (Phi) is 4.72. The van der Waals surface area contributed by atoms with E-state index in [1.807, 2.05) is 32.0 Å². The van der Waals surface area contributed by atoms with Crippen LogP contribution in [0.3, 0.4) is 0 Å². The van der Waals surface area contributed by atoms with Crippen LogP contribution in [0, 0.1) is 20.8 Å². The predicted octanol–water partition coefficient (Wildman–Crippen LogP) is 1.92. The summed E-state index contributed by atoms with van der Waals surface area (Å²) in [6.45, 7) is 7.05. The van der Waals surface area contributed by atoms with E-state index in [0.717, 1.165) is 22.7 Å². The monoisotopic (exact) mass is 383 g/mol. The minimum atomic E-state index is -0.270. The maximum atomic E-state index is 12.5. The highest BCUT2D eigenvalue weighted by Crippen LogP contribution is 2.32. The third-order valence-electron chi connectivity index (χ3n) is 4.72. The van der Waals surface area contributed by atoms with Crippen LogP contribution in [-0.4, -0.2) is 45.8 Å². The lowest BCUT2D eigenvalue weighted by Crippen LogP contribution is -2.27. The van der Waals surface area contributed by atoms with E-state index in [1.165, 1.54) is 0 Å². The first kappa shape index (κ1) is 18.0. The number of aryl methyl sites for hydroxylation is 2. The summed E-state index contributed by atoms with van der Waals surface area (Å²) in [5.41, 5.74) is 3.54. The van der Waals surface area contributed by atoms with Gasteiger partial charge in [0, 0.05) is 18.2 Å². The van der Waals surface area contributed by atoms with E-state index in [1.54, 1.807) is 11.6 Å². The highest BCUT2D eigenvalue weighted by molar-refractivity contribution is 5.93. The summed E-state index contributed by atoms with van der Waals surface area (Å²) in [7, 11) is 0. The number of aromatic nitrogens is 4. The molecule has 146 valence electrons. The van der Waals surface area contributed by atoms with Crippen LogP contribution in [0.5, 0.6) is 11.5 Å². The summed E-state index contributed by atoms with van der Waals surface area (Å²) in [6, 6.07) is 5.51. The molecule has 0 saturated carbocycles. The van der Waals surface area contributed by atoms with Gasteiger partial charge in [-0.1, -0.05) is 10.4 Å². The van der Waals surface area contributed by atoms with E-state index in [9.17, 15) is 4.79 Å². The van der Waals surface area contributed by atoms with Crippen molar-refractivity contribution in [3.05, 3.63) is 46.6 Å². The lowest BCUT2D eigenvalue weighted by atomic mass is 10.1. The maximum absolute atomic E-state index is 12.5. The third-order valence-corrected chi connectivity index (χ3v) is 4.72. The number of amides is 1. The van der Waals surface area contributed by atoms with Crippen LogP contribution < -0.4 is 14.8 Å². The average molecular weight is 383 g/mol. The van der Waals surface area contributed by atoms with E-state index in [0.29, 0.717) is 43.4 Å². The van der Waals surface area contributed by atoms with E-state index in [2.05, 4.69) is 20.8 Å². The Balaban J connectivity index is 1.46. The highest BCUT2D eigenvalue weighted by atomic mass is 16.6. The van der Waals surface area contributed by atoms with Crippen molar-refractivity contribution in [3.63, 3.8) is 0 Å². The molecular formula is C19H21N5O4. The zero-order valence-electron chi connectivity index (χ0n) is 16.0. The second-order valence-electron chi connectivity index (χ2n) is 6.57. The number of fused-ring (bicyclic) bond motifs is 1. The van der Waals surface area contributed by atoms with Gasteiger partial charge in [0.05, 0.1) is 17.1 Å². The first-order valence-corrected chi connectivity index (χ1v) is 9.07. The van der Waals surface area contributed by atoms with E-state index in [4.69, 9.17) is 14.0 Å². The van der Waals surface area contributed by atoms with Gasteiger partial charge >= 0.3 is 0 Å². The van der Waals surface area contributed by atoms with E-state index < -0.39 is 0 Å². The Morgan fingerprint density at radius 2 is 1.96 bits per heavy atom.